The largest absolute Gasteiger partial charge is 0.422 e. The summed E-state index contributed by atoms with van der Waals surface area (Å²) in [5, 5.41) is 11.3. The van der Waals surface area contributed by atoms with Gasteiger partial charge in [0, 0.05) is 13.5 Å². The fraction of sp³-hybridized carbons (Fsp3) is 0.818. The highest BCUT2D eigenvalue weighted by Crippen LogP contribution is 2.22. The van der Waals surface area contributed by atoms with Crippen molar-refractivity contribution in [2.24, 2.45) is 0 Å². The van der Waals surface area contributed by atoms with Crippen molar-refractivity contribution in [1.29, 1.82) is 0 Å². The molecule has 0 amide bonds. The van der Waals surface area contributed by atoms with E-state index in [0.29, 0.717) is 11.8 Å². The Morgan fingerprint density at radius 2 is 2.12 bits per heavy atom. The third kappa shape index (κ3) is 3.57. The van der Waals surface area contributed by atoms with E-state index >= 15 is 0 Å². The van der Waals surface area contributed by atoms with E-state index in [4.69, 9.17) is 9.15 Å². The van der Waals surface area contributed by atoms with Crippen LogP contribution >= 0.6 is 0 Å². The number of nitrogens with zero attached hydrogens (tertiary/aromatic N) is 2. The van der Waals surface area contributed by atoms with Crippen molar-refractivity contribution in [3.63, 3.8) is 0 Å². The average molecular weight is 227 g/mol. The second kappa shape index (κ2) is 5.96. The molecule has 0 atom stereocenters. The molecule has 0 fully saturated rings. The first-order valence-electron chi connectivity index (χ1n) is 5.69. The third-order valence-corrected chi connectivity index (χ3v) is 2.49. The fourth-order valence-electron chi connectivity index (χ4n) is 1.23. The summed E-state index contributed by atoms with van der Waals surface area (Å²) in [5.41, 5.74) is -0.507. The third-order valence-electron chi connectivity index (χ3n) is 2.49. The summed E-state index contributed by atoms with van der Waals surface area (Å²) in [5.74, 6) is 1.21. The molecule has 1 aromatic heterocycles. The van der Waals surface area contributed by atoms with Crippen molar-refractivity contribution in [2.75, 3.05) is 20.2 Å². The summed E-state index contributed by atoms with van der Waals surface area (Å²) in [6, 6.07) is 0. The molecule has 1 heterocycles. The van der Waals surface area contributed by atoms with Crippen LogP contribution in [0.3, 0.4) is 0 Å². The lowest BCUT2D eigenvalue weighted by Crippen LogP contribution is -2.19. The molecule has 0 unspecified atom stereocenters. The number of nitrogens with one attached hydrogen (secondary N) is 1. The molecule has 0 aliphatic heterocycles. The Balaban J connectivity index is 2.45. The first-order valence-corrected chi connectivity index (χ1v) is 5.69. The topological polar surface area (TPSA) is 60.2 Å². The van der Waals surface area contributed by atoms with Crippen LogP contribution in [0.2, 0.25) is 0 Å². The van der Waals surface area contributed by atoms with E-state index in [2.05, 4.69) is 22.4 Å². The number of aromatic nitrogens is 2. The predicted molar refractivity (Wildman–Crippen MR) is 61.2 cm³/mol. The van der Waals surface area contributed by atoms with Crippen LogP contribution in [-0.4, -0.2) is 30.4 Å². The molecule has 1 N–H and O–H groups in total. The molecule has 0 aliphatic carbocycles. The highest BCUT2D eigenvalue weighted by Gasteiger charge is 2.26. The van der Waals surface area contributed by atoms with Gasteiger partial charge in [-0.25, -0.2) is 0 Å². The molecular formula is C11H21N3O2. The minimum absolute atomic E-state index is 0.507. The minimum Gasteiger partial charge on any atom is -0.422 e. The fourth-order valence-corrected chi connectivity index (χ4v) is 1.23. The Hall–Kier alpha value is -0.940. The molecule has 0 bridgehead atoms. The maximum absolute atomic E-state index is 5.54. The smallest absolute Gasteiger partial charge is 0.247 e. The van der Waals surface area contributed by atoms with Crippen LogP contribution in [0.5, 0.6) is 0 Å². The van der Waals surface area contributed by atoms with Crippen molar-refractivity contribution in [3.05, 3.63) is 11.8 Å². The number of aryl methyl sites for hydroxylation is 1. The predicted octanol–water partition coefficient (Wildman–Crippen LogP) is 1.49. The van der Waals surface area contributed by atoms with Crippen molar-refractivity contribution in [1.82, 2.24) is 15.5 Å². The molecule has 0 aliphatic rings. The zero-order valence-corrected chi connectivity index (χ0v) is 10.5. The van der Waals surface area contributed by atoms with Gasteiger partial charge in [0.2, 0.25) is 11.8 Å². The van der Waals surface area contributed by atoms with Crippen LogP contribution in [0, 0.1) is 0 Å². The van der Waals surface area contributed by atoms with Crippen LogP contribution in [0.15, 0.2) is 4.42 Å². The minimum atomic E-state index is -0.507. The van der Waals surface area contributed by atoms with E-state index in [9.17, 15) is 0 Å². The van der Waals surface area contributed by atoms with Gasteiger partial charge < -0.3 is 14.5 Å². The van der Waals surface area contributed by atoms with Crippen LogP contribution < -0.4 is 5.32 Å². The van der Waals surface area contributed by atoms with Gasteiger partial charge in [-0.1, -0.05) is 6.92 Å². The van der Waals surface area contributed by atoms with Crippen molar-refractivity contribution < 1.29 is 9.15 Å². The van der Waals surface area contributed by atoms with Gasteiger partial charge in [0.25, 0.3) is 0 Å². The molecule has 92 valence electrons. The van der Waals surface area contributed by atoms with Gasteiger partial charge in [-0.3, -0.25) is 0 Å². The van der Waals surface area contributed by atoms with E-state index in [-0.39, 0.29) is 0 Å². The maximum atomic E-state index is 5.54. The molecule has 1 aromatic rings. The van der Waals surface area contributed by atoms with Crippen LogP contribution in [0.4, 0.5) is 0 Å². The summed E-state index contributed by atoms with van der Waals surface area (Å²) in [6.45, 7) is 7.87. The van der Waals surface area contributed by atoms with Gasteiger partial charge in [0.05, 0.1) is 0 Å². The van der Waals surface area contributed by atoms with Gasteiger partial charge in [-0.15, -0.1) is 10.2 Å². The maximum Gasteiger partial charge on any atom is 0.247 e. The molecule has 1 rings (SSSR count). The summed E-state index contributed by atoms with van der Waals surface area (Å²) in [7, 11) is 1.63. The van der Waals surface area contributed by atoms with Crippen molar-refractivity contribution >= 4 is 0 Å². The molecule has 0 saturated heterocycles. The molecule has 5 nitrogen and oxygen atoms in total. The molecule has 0 aromatic carbocycles. The molecular weight excluding hydrogens is 206 g/mol. The summed E-state index contributed by atoms with van der Waals surface area (Å²) in [4.78, 5) is 0. The molecule has 0 saturated carbocycles. The number of hydrogen-bond donors (Lipinski definition) is 1. The van der Waals surface area contributed by atoms with Crippen LogP contribution in [0.25, 0.3) is 0 Å². The Morgan fingerprint density at radius 3 is 2.75 bits per heavy atom. The second-order valence-corrected chi connectivity index (χ2v) is 4.17. The van der Waals surface area contributed by atoms with Gasteiger partial charge in [0.1, 0.15) is 5.60 Å². The van der Waals surface area contributed by atoms with Gasteiger partial charge in [-0.05, 0) is 33.4 Å². The van der Waals surface area contributed by atoms with E-state index in [0.717, 1.165) is 25.9 Å². The number of ether oxygens (including phenoxy) is 1. The number of methoxy groups -OCH3 is 1. The van der Waals surface area contributed by atoms with Gasteiger partial charge in [-0.2, -0.15) is 0 Å². The monoisotopic (exact) mass is 227 g/mol. The van der Waals surface area contributed by atoms with Crippen molar-refractivity contribution in [3.8, 4) is 0 Å². The van der Waals surface area contributed by atoms with Crippen LogP contribution in [-0.2, 0) is 16.8 Å². The zero-order chi connectivity index (χ0) is 12.0. The van der Waals surface area contributed by atoms with E-state index in [1.165, 1.54) is 0 Å². The highest BCUT2D eigenvalue weighted by molar-refractivity contribution is 4.93. The number of hydrogen-bond acceptors (Lipinski definition) is 5. The molecule has 16 heavy (non-hydrogen) atoms. The lowest BCUT2D eigenvalue weighted by molar-refractivity contribution is -0.00453. The van der Waals surface area contributed by atoms with Gasteiger partial charge in [0.15, 0.2) is 0 Å². The summed E-state index contributed by atoms with van der Waals surface area (Å²) >= 11 is 0. The lowest BCUT2D eigenvalue weighted by atomic mass is 10.1. The molecule has 5 heteroatoms. The normalized spacial score (nSPS) is 12.0. The Bertz CT molecular complexity index is 310. The number of rotatable bonds is 7. The molecule has 0 spiro atoms. The van der Waals surface area contributed by atoms with Gasteiger partial charge >= 0.3 is 0 Å². The van der Waals surface area contributed by atoms with E-state index in [1.54, 1.807) is 7.11 Å². The molecule has 0 radical (unpaired) electrons. The summed E-state index contributed by atoms with van der Waals surface area (Å²) < 4.78 is 10.8. The quantitative estimate of drug-likeness (QED) is 0.715. The summed E-state index contributed by atoms with van der Waals surface area (Å²) in [6.07, 6.45) is 1.81. The van der Waals surface area contributed by atoms with E-state index < -0.39 is 5.60 Å². The first kappa shape index (κ1) is 13.1. The van der Waals surface area contributed by atoms with Crippen molar-refractivity contribution in [2.45, 2.75) is 39.2 Å². The Kier molecular flexibility index (Phi) is 4.89. The lowest BCUT2D eigenvalue weighted by Gasteiger charge is -2.17. The Morgan fingerprint density at radius 1 is 1.38 bits per heavy atom. The average Bonchev–Trinajstić information content (AvgIpc) is 2.74. The van der Waals surface area contributed by atoms with Crippen LogP contribution in [0.1, 0.15) is 39.0 Å². The SMILES string of the molecule is CCNCCCc1nnc(C(C)(C)OC)o1. The standard InChI is InChI=1S/C11H21N3O2/c1-5-12-8-6-7-9-13-14-10(16-9)11(2,3)15-4/h12H,5-8H2,1-4H3. The zero-order valence-electron chi connectivity index (χ0n) is 10.5. The van der Waals surface area contributed by atoms with E-state index in [1.807, 2.05) is 13.8 Å². The second-order valence-electron chi connectivity index (χ2n) is 4.17. The highest BCUT2D eigenvalue weighted by atomic mass is 16.5. The Labute approximate surface area is 96.6 Å². The first-order chi connectivity index (χ1) is 7.60.